The van der Waals surface area contributed by atoms with Crippen LogP contribution in [0.5, 0.6) is 0 Å². The smallest absolute Gasteiger partial charge is 0.268 e. The number of nitrogens with one attached hydrogen (secondary N) is 2. The number of alkyl halides is 1. The van der Waals surface area contributed by atoms with Gasteiger partial charge in [0.1, 0.15) is 12.4 Å². The summed E-state index contributed by atoms with van der Waals surface area (Å²) in [4.78, 5) is 14.2. The first-order valence-electron chi connectivity index (χ1n) is 4.16. The standard InChI is InChI=1S/C9H13FN2O/c1-6-3-4-11-8(6)9(13)12-7(2)5-10/h3-4,7,11H,5H2,1-2H3,(H,12,13). The van der Waals surface area contributed by atoms with Gasteiger partial charge in [-0.1, -0.05) is 0 Å². The molecule has 1 rings (SSSR count). The molecule has 0 aliphatic carbocycles. The quantitative estimate of drug-likeness (QED) is 0.733. The fraction of sp³-hybridized carbons (Fsp3) is 0.444. The predicted octanol–water partition coefficient (Wildman–Crippen LogP) is 1.41. The molecule has 1 aromatic rings. The van der Waals surface area contributed by atoms with Crippen LogP contribution in [0.2, 0.25) is 0 Å². The Morgan fingerprint density at radius 1 is 1.77 bits per heavy atom. The van der Waals surface area contributed by atoms with Gasteiger partial charge in [-0.05, 0) is 25.5 Å². The van der Waals surface area contributed by atoms with Crippen molar-refractivity contribution in [2.75, 3.05) is 6.67 Å². The third-order valence-electron chi connectivity index (χ3n) is 1.79. The fourth-order valence-corrected chi connectivity index (χ4v) is 1.03. The second kappa shape index (κ2) is 4.07. The molecule has 1 aromatic heterocycles. The first-order valence-corrected chi connectivity index (χ1v) is 4.16. The van der Waals surface area contributed by atoms with Crippen LogP contribution in [0.1, 0.15) is 23.0 Å². The van der Waals surface area contributed by atoms with Crippen molar-refractivity contribution in [2.24, 2.45) is 0 Å². The van der Waals surface area contributed by atoms with Crippen molar-refractivity contribution >= 4 is 5.91 Å². The molecule has 0 aliphatic heterocycles. The van der Waals surface area contributed by atoms with Gasteiger partial charge >= 0.3 is 0 Å². The Hall–Kier alpha value is -1.32. The van der Waals surface area contributed by atoms with Crippen LogP contribution in [-0.2, 0) is 0 Å². The number of hydrogen-bond donors (Lipinski definition) is 2. The molecular formula is C9H13FN2O. The van der Waals surface area contributed by atoms with Crippen LogP contribution in [0.4, 0.5) is 4.39 Å². The summed E-state index contributed by atoms with van der Waals surface area (Å²) in [6.07, 6.45) is 1.68. The summed E-state index contributed by atoms with van der Waals surface area (Å²) >= 11 is 0. The molecule has 0 saturated heterocycles. The number of aromatic nitrogens is 1. The van der Waals surface area contributed by atoms with Gasteiger partial charge in [-0.25, -0.2) is 4.39 Å². The second-order valence-electron chi connectivity index (χ2n) is 3.06. The summed E-state index contributed by atoms with van der Waals surface area (Å²) in [6.45, 7) is 2.90. The maximum Gasteiger partial charge on any atom is 0.268 e. The van der Waals surface area contributed by atoms with Crippen molar-refractivity contribution in [1.29, 1.82) is 0 Å². The molecule has 1 amide bonds. The lowest BCUT2D eigenvalue weighted by Crippen LogP contribution is -2.34. The molecule has 3 nitrogen and oxygen atoms in total. The lowest BCUT2D eigenvalue weighted by Gasteiger charge is -2.08. The minimum atomic E-state index is -0.550. The normalized spacial score (nSPS) is 12.5. The van der Waals surface area contributed by atoms with Gasteiger partial charge in [0.25, 0.3) is 5.91 Å². The van der Waals surface area contributed by atoms with E-state index in [4.69, 9.17) is 0 Å². The highest BCUT2D eigenvalue weighted by Crippen LogP contribution is 2.04. The van der Waals surface area contributed by atoms with E-state index in [2.05, 4.69) is 10.3 Å². The highest BCUT2D eigenvalue weighted by Gasteiger charge is 2.11. The maximum atomic E-state index is 12.1. The number of amides is 1. The Labute approximate surface area is 76.3 Å². The zero-order chi connectivity index (χ0) is 9.84. The molecule has 0 aromatic carbocycles. The molecule has 1 unspecified atom stereocenters. The zero-order valence-electron chi connectivity index (χ0n) is 7.73. The molecule has 0 radical (unpaired) electrons. The van der Waals surface area contributed by atoms with Crippen molar-refractivity contribution in [2.45, 2.75) is 19.9 Å². The Kier molecular flexibility index (Phi) is 3.06. The number of halogens is 1. The van der Waals surface area contributed by atoms with Gasteiger partial charge in [0.15, 0.2) is 0 Å². The number of hydrogen-bond acceptors (Lipinski definition) is 1. The molecule has 2 N–H and O–H groups in total. The Balaban J connectivity index is 2.64. The third-order valence-corrected chi connectivity index (χ3v) is 1.79. The molecule has 72 valence electrons. The minimum Gasteiger partial charge on any atom is -0.357 e. The summed E-state index contributed by atoms with van der Waals surface area (Å²) in [6, 6.07) is 1.37. The largest absolute Gasteiger partial charge is 0.357 e. The van der Waals surface area contributed by atoms with E-state index in [1.165, 1.54) is 0 Å². The van der Waals surface area contributed by atoms with Crippen LogP contribution in [0.3, 0.4) is 0 Å². The molecule has 13 heavy (non-hydrogen) atoms. The van der Waals surface area contributed by atoms with E-state index < -0.39 is 12.7 Å². The zero-order valence-corrected chi connectivity index (χ0v) is 7.73. The third kappa shape index (κ3) is 2.31. The summed E-state index contributed by atoms with van der Waals surface area (Å²) < 4.78 is 12.1. The van der Waals surface area contributed by atoms with E-state index in [0.717, 1.165) is 5.56 Å². The van der Waals surface area contributed by atoms with Crippen LogP contribution in [0.15, 0.2) is 12.3 Å². The molecule has 4 heteroatoms. The van der Waals surface area contributed by atoms with E-state index >= 15 is 0 Å². The fourth-order valence-electron chi connectivity index (χ4n) is 1.03. The molecule has 1 heterocycles. The van der Waals surface area contributed by atoms with Gasteiger partial charge in [0, 0.05) is 6.20 Å². The summed E-state index contributed by atoms with van der Waals surface area (Å²) in [7, 11) is 0. The van der Waals surface area contributed by atoms with E-state index in [1.54, 1.807) is 19.2 Å². The Bertz CT molecular complexity index is 296. The van der Waals surface area contributed by atoms with Gasteiger partial charge in [0.2, 0.25) is 0 Å². The summed E-state index contributed by atoms with van der Waals surface area (Å²) in [5.74, 6) is -0.257. The average molecular weight is 184 g/mol. The number of aromatic amines is 1. The summed E-state index contributed by atoms with van der Waals surface area (Å²) in [5.41, 5.74) is 1.36. The SMILES string of the molecule is Cc1cc[nH]c1C(=O)NC(C)CF. The van der Waals surface area contributed by atoms with Gasteiger partial charge < -0.3 is 10.3 Å². The van der Waals surface area contributed by atoms with Gasteiger partial charge in [-0.3, -0.25) is 4.79 Å². The van der Waals surface area contributed by atoms with Gasteiger partial charge in [-0.15, -0.1) is 0 Å². The molecular weight excluding hydrogens is 171 g/mol. The second-order valence-corrected chi connectivity index (χ2v) is 3.06. The molecule has 0 bridgehead atoms. The van der Waals surface area contributed by atoms with Crippen LogP contribution in [0, 0.1) is 6.92 Å². The van der Waals surface area contributed by atoms with E-state index in [9.17, 15) is 9.18 Å². The minimum absolute atomic E-state index is 0.257. The van der Waals surface area contributed by atoms with Crippen LogP contribution < -0.4 is 5.32 Å². The molecule has 1 atom stereocenters. The molecule has 0 fully saturated rings. The lowest BCUT2D eigenvalue weighted by atomic mass is 10.2. The number of H-pyrrole nitrogens is 1. The van der Waals surface area contributed by atoms with Crippen molar-refractivity contribution < 1.29 is 9.18 Å². The number of carbonyl (C=O) groups is 1. The first-order chi connectivity index (χ1) is 6.15. The maximum absolute atomic E-state index is 12.1. The van der Waals surface area contributed by atoms with Crippen molar-refractivity contribution in [3.8, 4) is 0 Å². The van der Waals surface area contributed by atoms with E-state index in [-0.39, 0.29) is 5.91 Å². The van der Waals surface area contributed by atoms with E-state index in [0.29, 0.717) is 5.69 Å². The number of carbonyl (C=O) groups excluding carboxylic acids is 1. The van der Waals surface area contributed by atoms with Crippen LogP contribution in [-0.4, -0.2) is 23.6 Å². The highest BCUT2D eigenvalue weighted by molar-refractivity contribution is 5.93. The van der Waals surface area contributed by atoms with Crippen molar-refractivity contribution in [3.05, 3.63) is 23.5 Å². The van der Waals surface area contributed by atoms with Gasteiger partial charge in [-0.2, -0.15) is 0 Å². The Morgan fingerprint density at radius 2 is 2.46 bits per heavy atom. The first kappa shape index (κ1) is 9.77. The lowest BCUT2D eigenvalue weighted by molar-refractivity contribution is 0.0929. The topological polar surface area (TPSA) is 44.9 Å². The van der Waals surface area contributed by atoms with Crippen molar-refractivity contribution in [3.63, 3.8) is 0 Å². The molecule has 0 spiro atoms. The van der Waals surface area contributed by atoms with Crippen LogP contribution in [0.25, 0.3) is 0 Å². The van der Waals surface area contributed by atoms with Gasteiger partial charge in [0.05, 0.1) is 6.04 Å². The molecule has 0 aliphatic rings. The van der Waals surface area contributed by atoms with E-state index in [1.807, 2.05) is 6.92 Å². The number of aryl methyl sites for hydroxylation is 1. The monoisotopic (exact) mass is 184 g/mol. The number of rotatable bonds is 3. The van der Waals surface area contributed by atoms with Crippen molar-refractivity contribution in [1.82, 2.24) is 10.3 Å². The average Bonchev–Trinajstić information content (AvgIpc) is 2.51. The summed E-state index contributed by atoms with van der Waals surface area (Å²) in [5, 5.41) is 2.53. The predicted molar refractivity (Wildman–Crippen MR) is 48.4 cm³/mol. The Morgan fingerprint density at radius 3 is 2.92 bits per heavy atom. The van der Waals surface area contributed by atoms with Crippen LogP contribution >= 0.6 is 0 Å². The highest BCUT2D eigenvalue weighted by atomic mass is 19.1. The molecule has 0 saturated carbocycles.